The number of halogens is 1. The number of ether oxygens (including phenoxy) is 1. The zero-order valence-electron chi connectivity index (χ0n) is 19.8. The molecule has 1 aromatic carbocycles. The van der Waals surface area contributed by atoms with Crippen LogP contribution in [0.2, 0.25) is 0 Å². The SMILES string of the molecule is CC(OC(=O)Nc1c(F)noc1-c1ccc(N2CCC(C3(C(=O)O)CC3)CC2)nc1)c1ccccc1. The number of aliphatic carboxylic acids is 1. The molecule has 3 aromatic rings. The van der Waals surface area contributed by atoms with Gasteiger partial charge in [-0.25, -0.2) is 9.78 Å². The minimum atomic E-state index is -0.965. The molecule has 10 heteroatoms. The number of anilines is 2. The fourth-order valence-electron chi connectivity index (χ4n) is 4.96. The molecule has 2 aliphatic rings. The van der Waals surface area contributed by atoms with Crippen LogP contribution in [0.4, 0.5) is 20.7 Å². The molecular formula is C26H27FN4O5. The molecule has 1 atom stereocenters. The maximum Gasteiger partial charge on any atom is 0.412 e. The first-order valence-corrected chi connectivity index (χ1v) is 12.0. The molecule has 3 heterocycles. The van der Waals surface area contributed by atoms with Gasteiger partial charge in [0.2, 0.25) is 0 Å². The molecule has 0 spiro atoms. The van der Waals surface area contributed by atoms with Crippen LogP contribution in [0.1, 0.15) is 44.3 Å². The van der Waals surface area contributed by atoms with E-state index >= 15 is 0 Å². The van der Waals surface area contributed by atoms with Crippen molar-refractivity contribution in [2.45, 2.75) is 38.7 Å². The Balaban J connectivity index is 1.23. The first-order chi connectivity index (χ1) is 17.4. The third kappa shape index (κ3) is 4.62. The second kappa shape index (κ2) is 9.60. The Morgan fingerprint density at radius 3 is 2.53 bits per heavy atom. The van der Waals surface area contributed by atoms with E-state index in [1.165, 1.54) is 6.20 Å². The molecule has 36 heavy (non-hydrogen) atoms. The van der Waals surface area contributed by atoms with Crippen LogP contribution in [0.3, 0.4) is 0 Å². The zero-order valence-corrected chi connectivity index (χ0v) is 19.8. The summed E-state index contributed by atoms with van der Waals surface area (Å²) in [5.41, 5.74) is 0.499. The summed E-state index contributed by atoms with van der Waals surface area (Å²) in [7, 11) is 0. The van der Waals surface area contributed by atoms with Gasteiger partial charge in [-0.3, -0.25) is 10.1 Å². The van der Waals surface area contributed by atoms with E-state index in [9.17, 15) is 19.1 Å². The van der Waals surface area contributed by atoms with Crippen LogP contribution in [0.15, 0.2) is 53.2 Å². The van der Waals surface area contributed by atoms with E-state index in [2.05, 4.69) is 20.4 Å². The van der Waals surface area contributed by atoms with Crippen LogP contribution < -0.4 is 10.2 Å². The lowest BCUT2D eigenvalue weighted by atomic mass is 9.81. The number of carboxylic acid groups (broad SMARTS) is 1. The van der Waals surface area contributed by atoms with E-state index in [-0.39, 0.29) is 17.4 Å². The highest BCUT2D eigenvalue weighted by Gasteiger charge is 2.56. The van der Waals surface area contributed by atoms with Crippen LogP contribution in [0, 0.1) is 17.3 Å². The van der Waals surface area contributed by atoms with Crippen LogP contribution in [-0.4, -0.2) is 40.4 Å². The van der Waals surface area contributed by atoms with E-state index < -0.39 is 29.5 Å². The van der Waals surface area contributed by atoms with Gasteiger partial charge in [0.15, 0.2) is 5.76 Å². The molecule has 0 bridgehead atoms. The number of pyridine rings is 1. The Morgan fingerprint density at radius 2 is 1.92 bits per heavy atom. The third-order valence-corrected chi connectivity index (χ3v) is 7.26. The first-order valence-electron chi connectivity index (χ1n) is 12.0. The van der Waals surface area contributed by atoms with Gasteiger partial charge in [-0.2, -0.15) is 4.39 Å². The largest absolute Gasteiger partial charge is 0.481 e. The highest BCUT2D eigenvalue weighted by atomic mass is 19.1. The fourth-order valence-corrected chi connectivity index (χ4v) is 4.96. The van der Waals surface area contributed by atoms with Crippen molar-refractivity contribution in [3.05, 3.63) is 60.2 Å². The topological polar surface area (TPSA) is 118 Å². The second-order valence-corrected chi connectivity index (χ2v) is 9.39. The molecule has 1 saturated heterocycles. The van der Waals surface area contributed by atoms with Gasteiger partial charge in [0.1, 0.15) is 17.6 Å². The number of carbonyl (C=O) groups is 2. The molecule has 1 aliphatic heterocycles. The van der Waals surface area contributed by atoms with Gasteiger partial charge in [-0.05, 0) is 61.4 Å². The Kier molecular flexibility index (Phi) is 6.34. The number of carboxylic acids is 1. The van der Waals surface area contributed by atoms with Crippen molar-refractivity contribution < 1.29 is 28.3 Å². The molecule has 1 aliphatic carbocycles. The number of hydrogen-bond acceptors (Lipinski definition) is 7. The summed E-state index contributed by atoms with van der Waals surface area (Å²) in [5, 5.41) is 15.3. The second-order valence-electron chi connectivity index (χ2n) is 9.39. The van der Waals surface area contributed by atoms with Gasteiger partial charge in [-0.1, -0.05) is 30.3 Å². The first kappa shape index (κ1) is 23.8. The molecule has 1 saturated carbocycles. The number of amides is 1. The minimum absolute atomic E-state index is 0.0340. The van der Waals surface area contributed by atoms with Crippen molar-refractivity contribution in [1.82, 2.24) is 10.1 Å². The molecule has 188 valence electrons. The molecular weight excluding hydrogens is 467 g/mol. The van der Waals surface area contributed by atoms with Crippen molar-refractivity contribution in [3.63, 3.8) is 0 Å². The van der Waals surface area contributed by atoms with Crippen molar-refractivity contribution in [3.8, 4) is 11.3 Å². The predicted molar refractivity (Wildman–Crippen MR) is 129 cm³/mol. The molecule has 2 aromatic heterocycles. The summed E-state index contributed by atoms with van der Waals surface area (Å²) in [6.07, 6.45) is 3.31. The predicted octanol–water partition coefficient (Wildman–Crippen LogP) is 5.27. The van der Waals surface area contributed by atoms with E-state index in [1.807, 2.05) is 30.3 Å². The van der Waals surface area contributed by atoms with Crippen LogP contribution >= 0.6 is 0 Å². The Morgan fingerprint density at radius 1 is 1.19 bits per heavy atom. The normalized spacial score (nSPS) is 17.9. The lowest BCUT2D eigenvalue weighted by Gasteiger charge is -2.35. The fraction of sp³-hybridized carbons (Fsp3) is 0.385. The zero-order chi connectivity index (χ0) is 25.3. The third-order valence-electron chi connectivity index (χ3n) is 7.26. The van der Waals surface area contributed by atoms with Gasteiger partial charge < -0.3 is 19.3 Å². The molecule has 2 N–H and O–H groups in total. The molecule has 0 radical (unpaired) electrons. The summed E-state index contributed by atoms with van der Waals surface area (Å²) in [6.45, 7) is 3.17. The quantitative estimate of drug-likeness (QED) is 0.456. The monoisotopic (exact) mass is 494 g/mol. The number of carbonyl (C=O) groups excluding carboxylic acids is 1. The van der Waals surface area contributed by atoms with Crippen LogP contribution in [-0.2, 0) is 9.53 Å². The Hall–Kier alpha value is -3.95. The number of piperidine rings is 1. The van der Waals surface area contributed by atoms with Gasteiger partial charge >= 0.3 is 12.1 Å². The number of benzene rings is 1. The average Bonchev–Trinajstić information content (AvgIpc) is 3.64. The summed E-state index contributed by atoms with van der Waals surface area (Å²) in [4.78, 5) is 30.6. The van der Waals surface area contributed by atoms with Crippen molar-refractivity contribution in [2.24, 2.45) is 11.3 Å². The number of nitrogens with zero attached hydrogens (tertiary/aromatic N) is 3. The highest BCUT2D eigenvalue weighted by molar-refractivity contribution is 5.89. The van der Waals surface area contributed by atoms with Crippen molar-refractivity contribution in [1.29, 1.82) is 0 Å². The Bertz CT molecular complexity index is 1230. The maximum atomic E-state index is 14.3. The van der Waals surface area contributed by atoms with Crippen LogP contribution in [0.5, 0.6) is 0 Å². The smallest absolute Gasteiger partial charge is 0.412 e. The number of nitrogens with one attached hydrogen (secondary N) is 1. The lowest BCUT2D eigenvalue weighted by molar-refractivity contribution is -0.146. The summed E-state index contributed by atoms with van der Waals surface area (Å²) in [6, 6.07) is 12.7. The molecule has 1 unspecified atom stereocenters. The summed E-state index contributed by atoms with van der Waals surface area (Å²) in [5.74, 6) is -0.672. The standard InChI is InChI=1S/C26H27FN4O5/c1-16(17-5-3-2-4-6-17)35-25(34)29-21-22(36-30-23(21)27)18-7-8-20(28-15-18)31-13-9-19(10-14-31)26(11-12-26)24(32)33/h2-8,15-16,19H,9-14H2,1H3,(H,29,34)(H,32,33). The van der Waals surface area contributed by atoms with Crippen molar-refractivity contribution in [2.75, 3.05) is 23.3 Å². The van der Waals surface area contributed by atoms with E-state index in [4.69, 9.17) is 9.26 Å². The molecule has 2 fully saturated rings. The number of hydrogen-bond donors (Lipinski definition) is 2. The molecule has 9 nitrogen and oxygen atoms in total. The van der Waals surface area contributed by atoms with E-state index in [0.717, 1.165) is 50.2 Å². The van der Waals surface area contributed by atoms with Gasteiger partial charge in [0.05, 0.1) is 5.41 Å². The number of rotatable bonds is 7. The van der Waals surface area contributed by atoms with Crippen LogP contribution in [0.25, 0.3) is 11.3 Å². The minimum Gasteiger partial charge on any atom is -0.481 e. The highest BCUT2D eigenvalue weighted by Crippen LogP contribution is 2.55. The summed E-state index contributed by atoms with van der Waals surface area (Å²) >= 11 is 0. The lowest BCUT2D eigenvalue weighted by Crippen LogP contribution is -2.39. The number of aromatic nitrogens is 2. The molecule has 5 rings (SSSR count). The van der Waals surface area contributed by atoms with Gasteiger partial charge in [0, 0.05) is 24.8 Å². The van der Waals surface area contributed by atoms with E-state index in [1.54, 1.807) is 19.1 Å². The van der Waals surface area contributed by atoms with Crippen molar-refractivity contribution >= 4 is 23.6 Å². The van der Waals surface area contributed by atoms with Gasteiger partial charge in [0.25, 0.3) is 5.95 Å². The van der Waals surface area contributed by atoms with E-state index in [0.29, 0.717) is 5.56 Å². The average molecular weight is 495 g/mol. The van der Waals surface area contributed by atoms with Gasteiger partial charge in [-0.15, -0.1) is 0 Å². The Labute approximate surface area is 207 Å². The maximum absolute atomic E-state index is 14.3. The summed E-state index contributed by atoms with van der Waals surface area (Å²) < 4.78 is 24.8. The molecule has 1 amide bonds.